The van der Waals surface area contributed by atoms with Crippen molar-refractivity contribution in [1.82, 2.24) is 10.2 Å². The zero-order valence-corrected chi connectivity index (χ0v) is 16.6. The van der Waals surface area contributed by atoms with E-state index in [4.69, 9.17) is 14.2 Å². The lowest BCUT2D eigenvalue weighted by Gasteiger charge is -2.38. The molecule has 0 aromatic heterocycles. The van der Waals surface area contributed by atoms with Crippen molar-refractivity contribution < 1.29 is 23.8 Å². The number of carbonyl (C=O) groups is 2. The molecule has 1 heterocycles. The van der Waals surface area contributed by atoms with Crippen molar-refractivity contribution >= 4 is 12.2 Å². The van der Waals surface area contributed by atoms with Crippen LogP contribution in [0.3, 0.4) is 0 Å². The average molecular weight is 378 g/mol. The third-order valence-corrected chi connectivity index (χ3v) is 4.28. The summed E-state index contributed by atoms with van der Waals surface area (Å²) in [6.45, 7) is 7.16. The molecule has 2 amide bonds. The second-order valence-electron chi connectivity index (χ2n) is 7.74. The van der Waals surface area contributed by atoms with E-state index in [0.717, 1.165) is 5.56 Å². The van der Waals surface area contributed by atoms with Crippen LogP contribution in [0.5, 0.6) is 0 Å². The number of ether oxygens (including phenoxy) is 3. The Morgan fingerprint density at radius 1 is 1.22 bits per heavy atom. The highest BCUT2D eigenvalue weighted by Gasteiger charge is 2.34. The van der Waals surface area contributed by atoms with E-state index in [1.165, 1.54) is 0 Å². The van der Waals surface area contributed by atoms with Crippen LogP contribution in [-0.4, -0.2) is 55.5 Å². The van der Waals surface area contributed by atoms with Gasteiger partial charge in [0.25, 0.3) is 0 Å². The van der Waals surface area contributed by atoms with Crippen LogP contribution in [0.4, 0.5) is 9.59 Å². The summed E-state index contributed by atoms with van der Waals surface area (Å²) in [6, 6.07) is 9.40. The van der Waals surface area contributed by atoms with Gasteiger partial charge in [-0.25, -0.2) is 9.59 Å². The molecule has 0 saturated carbocycles. The maximum Gasteiger partial charge on any atom is 0.410 e. The number of methoxy groups -OCH3 is 1. The van der Waals surface area contributed by atoms with Gasteiger partial charge in [-0.2, -0.15) is 0 Å². The number of benzene rings is 1. The van der Waals surface area contributed by atoms with Gasteiger partial charge in [0.15, 0.2) is 0 Å². The molecule has 7 nitrogen and oxygen atoms in total. The second kappa shape index (κ2) is 9.60. The normalized spacial score (nSPS) is 20.1. The quantitative estimate of drug-likeness (QED) is 0.851. The Morgan fingerprint density at radius 2 is 1.93 bits per heavy atom. The highest BCUT2D eigenvalue weighted by atomic mass is 16.6. The molecule has 1 aromatic rings. The van der Waals surface area contributed by atoms with Gasteiger partial charge in [-0.3, -0.25) is 0 Å². The van der Waals surface area contributed by atoms with Crippen molar-refractivity contribution in [2.45, 2.75) is 45.4 Å². The summed E-state index contributed by atoms with van der Waals surface area (Å²) in [6.07, 6.45) is -0.183. The fourth-order valence-corrected chi connectivity index (χ4v) is 3.01. The summed E-state index contributed by atoms with van der Waals surface area (Å²) < 4.78 is 16.0. The topological polar surface area (TPSA) is 77.1 Å². The first-order chi connectivity index (χ1) is 12.8. The van der Waals surface area contributed by atoms with E-state index in [1.807, 2.05) is 51.1 Å². The molecule has 1 aromatic carbocycles. The summed E-state index contributed by atoms with van der Waals surface area (Å²) in [5.41, 5.74) is 0.394. The molecule has 0 spiro atoms. The fourth-order valence-electron chi connectivity index (χ4n) is 3.01. The molecule has 1 saturated heterocycles. The summed E-state index contributed by atoms with van der Waals surface area (Å²) in [7, 11) is 1.61. The Hall–Kier alpha value is -2.28. The first-order valence-corrected chi connectivity index (χ1v) is 9.22. The third-order valence-electron chi connectivity index (χ3n) is 4.28. The Kier molecular flexibility index (Phi) is 7.47. The van der Waals surface area contributed by atoms with Gasteiger partial charge in [-0.15, -0.1) is 0 Å². The Bertz CT molecular complexity index is 615. The first kappa shape index (κ1) is 21.0. The third kappa shape index (κ3) is 7.09. The highest BCUT2D eigenvalue weighted by molar-refractivity contribution is 5.69. The van der Waals surface area contributed by atoms with Crippen LogP contribution in [-0.2, 0) is 20.8 Å². The predicted molar refractivity (Wildman–Crippen MR) is 101 cm³/mol. The minimum absolute atomic E-state index is 0.0273. The number of nitrogens with one attached hydrogen (secondary N) is 1. The van der Waals surface area contributed by atoms with Crippen molar-refractivity contribution in [2.24, 2.45) is 5.92 Å². The average Bonchev–Trinajstić information content (AvgIpc) is 2.61. The lowest BCUT2D eigenvalue weighted by atomic mass is 9.93. The molecule has 27 heavy (non-hydrogen) atoms. The minimum Gasteiger partial charge on any atom is -0.445 e. The zero-order valence-electron chi connectivity index (χ0n) is 16.6. The number of piperidine rings is 1. The summed E-state index contributed by atoms with van der Waals surface area (Å²) in [5, 5.41) is 2.91. The number of alkyl carbamates (subject to hydrolysis) is 1. The van der Waals surface area contributed by atoms with Crippen LogP contribution in [0.2, 0.25) is 0 Å². The smallest absolute Gasteiger partial charge is 0.410 e. The van der Waals surface area contributed by atoms with E-state index in [0.29, 0.717) is 26.1 Å². The summed E-state index contributed by atoms with van der Waals surface area (Å²) >= 11 is 0. The number of nitrogens with zero attached hydrogens (tertiary/aromatic N) is 1. The van der Waals surface area contributed by atoms with Crippen LogP contribution in [0, 0.1) is 5.92 Å². The van der Waals surface area contributed by atoms with Gasteiger partial charge in [0.2, 0.25) is 0 Å². The van der Waals surface area contributed by atoms with Gasteiger partial charge in [-0.1, -0.05) is 30.3 Å². The van der Waals surface area contributed by atoms with Crippen LogP contribution in [0.1, 0.15) is 32.8 Å². The molecule has 0 aliphatic carbocycles. The highest BCUT2D eigenvalue weighted by Crippen LogP contribution is 2.20. The molecule has 0 bridgehead atoms. The largest absolute Gasteiger partial charge is 0.445 e. The fraction of sp³-hybridized carbons (Fsp3) is 0.600. The van der Waals surface area contributed by atoms with Crippen molar-refractivity contribution in [3.8, 4) is 0 Å². The van der Waals surface area contributed by atoms with Crippen LogP contribution in [0.25, 0.3) is 0 Å². The number of rotatable bonds is 5. The lowest BCUT2D eigenvalue weighted by molar-refractivity contribution is 0.00524. The maximum atomic E-state index is 12.3. The monoisotopic (exact) mass is 378 g/mol. The molecule has 2 rings (SSSR count). The lowest BCUT2D eigenvalue weighted by Crippen LogP contribution is -2.54. The number of hydrogen-bond acceptors (Lipinski definition) is 5. The van der Waals surface area contributed by atoms with Gasteiger partial charge < -0.3 is 24.4 Å². The van der Waals surface area contributed by atoms with Crippen LogP contribution >= 0.6 is 0 Å². The molecular formula is C20H30N2O5. The molecule has 150 valence electrons. The van der Waals surface area contributed by atoms with E-state index >= 15 is 0 Å². The molecule has 1 aliphatic heterocycles. The molecular weight excluding hydrogens is 348 g/mol. The predicted octanol–water partition coefficient (Wildman–Crippen LogP) is 3.18. The molecule has 1 aliphatic rings. The first-order valence-electron chi connectivity index (χ1n) is 9.22. The van der Waals surface area contributed by atoms with Crippen molar-refractivity contribution in [3.05, 3.63) is 35.9 Å². The maximum absolute atomic E-state index is 12.3. The zero-order chi connectivity index (χ0) is 19.9. The van der Waals surface area contributed by atoms with Gasteiger partial charge >= 0.3 is 12.2 Å². The van der Waals surface area contributed by atoms with Crippen LogP contribution < -0.4 is 5.32 Å². The van der Waals surface area contributed by atoms with Gasteiger partial charge in [0.05, 0.1) is 6.61 Å². The van der Waals surface area contributed by atoms with E-state index in [1.54, 1.807) is 12.0 Å². The Balaban J connectivity index is 1.87. The molecule has 1 N–H and O–H groups in total. The molecule has 7 heteroatoms. The number of hydrogen-bond donors (Lipinski definition) is 1. The SMILES string of the molecule is COC[C@H]1CN(C(=O)OC(C)(C)C)CC[C@H]1NC(=O)OCc1ccccc1. The van der Waals surface area contributed by atoms with Crippen molar-refractivity contribution in [3.63, 3.8) is 0 Å². The van der Waals surface area contributed by atoms with Crippen molar-refractivity contribution in [2.75, 3.05) is 26.8 Å². The number of carbonyl (C=O) groups excluding carboxylic acids is 2. The van der Waals surface area contributed by atoms with Gasteiger partial charge in [-0.05, 0) is 32.8 Å². The second-order valence-corrected chi connectivity index (χ2v) is 7.74. The van der Waals surface area contributed by atoms with Crippen LogP contribution in [0.15, 0.2) is 30.3 Å². The van der Waals surface area contributed by atoms with Gasteiger partial charge in [0.1, 0.15) is 12.2 Å². The van der Waals surface area contributed by atoms with E-state index in [2.05, 4.69) is 5.32 Å². The Labute approximate surface area is 161 Å². The molecule has 0 radical (unpaired) electrons. The number of likely N-dealkylation sites (tertiary alicyclic amines) is 1. The van der Waals surface area contributed by atoms with E-state index < -0.39 is 11.7 Å². The minimum atomic E-state index is -0.538. The Morgan fingerprint density at radius 3 is 2.56 bits per heavy atom. The molecule has 2 atom stereocenters. The van der Waals surface area contributed by atoms with E-state index in [-0.39, 0.29) is 24.7 Å². The summed E-state index contributed by atoms with van der Waals surface area (Å²) in [5.74, 6) is -0.0273. The molecule has 1 fully saturated rings. The van der Waals surface area contributed by atoms with Crippen molar-refractivity contribution in [1.29, 1.82) is 0 Å². The summed E-state index contributed by atoms with van der Waals surface area (Å²) in [4.78, 5) is 26.1. The standard InChI is InChI=1S/C20H30N2O5/c1-20(2,3)27-19(24)22-11-10-17(16(12-22)14-25-4)21-18(23)26-13-15-8-6-5-7-9-15/h5-9,16-17H,10-14H2,1-4H3,(H,21,23)/t16-,17-/m1/s1. The number of amides is 2. The van der Waals surface area contributed by atoms with Gasteiger partial charge in [0, 0.05) is 32.2 Å². The van der Waals surface area contributed by atoms with E-state index in [9.17, 15) is 9.59 Å². The molecule has 0 unspecified atom stereocenters.